The van der Waals surface area contributed by atoms with E-state index in [0.717, 1.165) is 65.2 Å². The molecule has 0 aromatic carbocycles. The number of piperidine rings is 1. The zero-order valence-corrected chi connectivity index (χ0v) is 12.7. The SMILES string of the molecule is O=C1CC2(CCCN(CCC(=O)N3CCNCC3)C2)CN1. The van der Waals surface area contributed by atoms with Gasteiger partial charge >= 0.3 is 0 Å². The highest BCUT2D eigenvalue weighted by Gasteiger charge is 2.41. The number of hydrogen-bond acceptors (Lipinski definition) is 4. The molecule has 21 heavy (non-hydrogen) atoms. The second-order valence-electron chi connectivity index (χ2n) is 6.71. The molecule has 0 radical (unpaired) electrons. The molecule has 0 aromatic rings. The number of nitrogens with one attached hydrogen (secondary N) is 2. The van der Waals surface area contributed by atoms with E-state index in [9.17, 15) is 9.59 Å². The van der Waals surface area contributed by atoms with E-state index in [-0.39, 0.29) is 17.2 Å². The molecule has 1 unspecified atom stereocenters. The van der Waals surface area contributed by atoms with Crippen molar-refractivity contribution in [2.75, 3.05) is 52.4 Å². The quantitative estimate of drug-likeness (QED) is 0.730. The number of likely N-dealkylation sites (tertiary alicyclic amines) is 1. The molecule has 1 spiro atoms. The molecule has 0 saturated carbocycles. The zero-order chi connectivity index (χ0) is 14.7. The van der Waals surface area contributed by atoms with Crippen LogP contribution in [0.25, 0.3) is 0 Å². The second kappa shape index (κ2) is 6.32. The molecular formula is C15H26N4O2. The van der Waals surface area contributed by atoms with Crippen molar-refractivity contribution in [1.29, 1.82) is 0 Å². The Hall–Kier alpha value is -1.14. The first-order valence-corrected chi connectivity index (χ1v) is 8.14. The number of rotatable bonds is 3. The van der Waals surface area contributed by atoms with E-state index >= 15 is 0 Å². The Kier molecular flexibility index (Phi) is 4.45. The van der Waals surface area contributed by atoms with Crippen LogP contribution in [0.1, 0.15) is 25.7 Å². The summed E-state index contributed by atoms with van der Waals surface area (Å²) in [5.74, 6) is 0.463. The van der Waals surface area contributed by atoms with E-state index < -0.39 is 0 Å². The highest BCUT2D eigenvalue weighted by Crippen LogP contribution is 2.35. The van der Waals surface area contributed by atoms with Gasteiger partial charge in [0.25, 0.3) is 0 Å². The number of carbonyl (C=O) groups excluding carboxylic acids is 2. The molecule has 118 valence electrons. The van der Waals surface area contributed by atoms with E-state index in [4.69, 9.17) is 0 Å². The molecule has 3 heterocycles. The van der Waals surface area contributed by atoms with Crippen LogP contribution in [0.2, 0.25) is 0 Å². The molecule has 3 saturated heterocycles. The molecule has 6 heteroatoms. The molecular weight excluding hydrogens is 268 g/mol. The van der Waals surface area contributed by atoms with Gasteiger partial charge in [0.05, 0.1) is 0 Å². The van der Waals surface area contributed by atoms with E-state index in [2.05, 4.69) is 15.5 Å². The van der Waals surface area contributed by atoms with Crippen LogP contribution in [0.5, 0.6) is 0 Å². The minimum Gasteiger partial charge on any atom is -0.355 e. The second-order valence-corrected chi connectivity index (χ2v) is 6.71. The van der Waals surface area contributed by atoms with Gasteiger partial charge in [-0.2, -0.15) is 0 Å². The standard InChI is InChI=1S/C15H26N4O2/c20-13-10-15(11-17-13)3-1-6-18(12-15)7-2-14(21)19-8-4-16-5-9-19/h16H,1-12H2,(H,17,20). The van der Waals surface area contributed by atoms with Crippen LogP contribution in [0, 0.1) is 5.41 Å². The third-order valence-corrected chi connectivity index (χ3v) is 5.05. The van der Waals surface area contributed by atoms with Crippen LogP contribution < -0.4 is 10.6 Å². The van der Waals surface area contributed by atoms with Crippen LogP contribution >= 0.6 is 0 Å². The summed E-state index contributed by atoms with van der Waals surface area (Å²) in [4.78, 5) is 28.1. The van der Waals surface area contributed by atoms with Gasteiger partial charge in [0.15, 0.2) is 0 Å². The van der Waals surface area contributed by atoms with Crippen molar-refractivity contribution < 1.29 is 9.59 Å². The lowest BCUT2D eigenvalue weighted by Gasteiger charge is -2.39. The minimum absolute atomic E-state index is 0.132. The van der Waals surface area contributed by atoms with Gasteiger partial charge in [0.2, 0.25) is 11.8 Å². The predicted octanol–water partition coefficient (Wildman–Crippen LogP) is -0.590. The monoisotopic (exact) mass is 294 g/mol. The van der Waals surface area contributed by atoms with Crippen LogP contribution in [0.3, 0.4) is 0 Å². The van der Waals surface area contributed by atoms with Crippen LogP contribution in [-0.2, 0) is 9.59 Å². The topological polar surface area (TPSA) is 64.7 Å². The highest BCUT2D eigenvalue weighted by molar-refractivity contribution is 5.79. The third-order valence-electron chi connectivity index (χ3n) is 5.05. The largest absolute Gasteiger partial charge is 0.355 e. The maximum Gasteiger partial charge on any atom is 0.223 e. The van der Waals surface area contributed by atoms with Crippen molar-refractivity contribution in [3.8, 4) is 0 Å². The summed E-state index contributed by atoms with van der Waals surface area (Å²) in [6.45, 7) is 7.15. The molecule has 3 aliphatic heterocycles. The summed E-state index contributed by atoms with van der Waals surface area (Å²) in [6.07, 6.45) is 3.54. The van der Waals surface area contributed by atoms with Crippen molar-refractivity contribution in [2.45, 2.75) is 25.7 Å². The Morgan fingerprint density at radius 1 is 1.24 bits per heavy atom. The number of carbonyl (C=O) groups is 2. The van der Waals surface area contributed by atoms with Crippen LogP contribution in [0.4, 0.5) is 0 Å². The van der Waals surface area contributed by atoms with Crippen molar-refractivity contribution in [3.63, 3.8) is 0 Å². The molecule has 0 aliphatic carbocycles. The lowest BCUT2D eigenvalue weighted by Crippen LogP contribution is -2.48. The van der Waals surface area contributed by atoms with E-state index in [0.29, 0.717) is 12.8 Å². The first-order valence-electron chi connectivity index (χ1n) is 8.14. The Bertz CT molecular complexity index is 408. The van der Waals surface area contributed by atoms with Gasteiger partial charge in [0, 0.05) is 64.1 Å². The molecule has 3 rings (SSSR count). The predicted molar refractivity (Wildman–Crippen MR) is 79.8 cm³/mol. The maximum atomic E-state index is 12.2. The van der Waals surface area contributed by atoms with E-state index in [1.807, 2.05) is 4.90 Å². The van der Waals surface area contributed by atoms with Gasteiger partial charge in [-0.15, -0.1) is 0 Å². The number of hydrogen-bond donors (Lipinski definition) is 2. The van der Waals surface area contributed by atoms with Crippen LogP contribution in [0.15, 0.2) is 0 Å². The first kappa shape index (κ1) is 14.8. The van der Waals surface area contributed by atoms with E-state index in [1.54, 1.807) is 0 Å². The maximum absolute atomic E-state index is 12.2. The lowest BCUT2D eigenvalue weighted by atomic mass is 9.79. The summed E-state index contributed by atoms with van der Waals surface area (Å²) in [7, 11) is 0. The average molecular weight is 294 g/mol. The normalized spacial score (nSPS) is 30.7. The zero-order valence-electron chi connectivity index (χ0n) is 12.7. The first-order chi connectivity index (χ1) is 10.2. The third kappa shape index (κ3) is 3.55. The van der Waals surface area contributed by atoms with Crippen molar-refractivity contribution in [1.82, 2.24) is 20.4 Å². The minimum atomic E-state index is 0.132. The van der Waals surface area contributed by atoms with Gasteiger partial charge in [-0.05, 0) is 19.4 Å². The van der Waals surface area contributed by atoms with Gasteiger partial charge in [0.1, 0.15) is 0 Å². The Labute approximate surface area is 126 Å². The summed E-state index contributed by atoms with van der Waals surface area (Å²) < 4.78 is 0. The summed E-state index contributed by atoms with van der Waals surface area (Å²) in [6, 6.07) is 0. The fourth-order valence-electron chi connectivity index (χ4n) is 3.87. The fraction of sp³-hybridized carbons (Fsp3) is 0.867. The molecule has 2 N–H and O–H groups in total. The summed E-state index contributed by atoms with van der Waals surface area (Å²) in [5, 5.41) is 6.24. The Balaban J connectivity index is 1.46. The van der Waals surface area contributed by atoms with Crippen molar-refractivity contribution in [2.24, 2.45) is 5.41 Å². The highest BCUT2D eigenvalue weighted by atomic mass is 16.2. The van der Waals surface area contributed by atoms with Gasteiger partial charge < -0.3 is 20.4 Å². The number of nitrogens with zero attached hydrogens (tertiary/aromatic N) is 2. The molecule has 2 amide bonds. The number of piperazine rings is 1. The lowest BCUT2D eigenvalue weighted by molar-refractivity contribution is -0.132. The molecule has 3 fully saturated rings. The molecule has 6 nitrogen and oxygen atoms in total. The van der Waals surface area contributed by atoms with Gasteiger partial charge in [-0.1, -0.05) is 0 Å². The molecule has 0 bridgehead atoms. The average Bonchev–Trinajstić information content (AvgIpc) is 2.86. The van der Waals surface area contributed by atoms with Crippen molar-refractivity contribution in [3.05, 3.63) is 0 Å². The van der Waals surface area contributed by atoms with Crippen molar-refractivity contribution >= 4 is 11.8 Å². The fourth-order valence-corrected chi connectivity index (χ4v) is 3.87. The molecule has 3 aliphatic rings. The smallest absolute Gasteiger partial charge is 0.223 e. The Morgan fingerprint density at radius 2 is 2.05 bits per heavy atom. The molecule has 0 aromatic heterocycles. The summed E-state index contributed by atoms with van der Waals surface area (Å²) >= 11 is 0. The molecule has 1 atom stereocenters. The van der Waals surface area contributed by atoms with Crippen LogP contribution in [-0.4, -0.2) is 74.0 Å². The van der Waals surface area contributed by atoms with E-state index in [1.165, 1.54) is 0 Å². The number of amides is 2. The summed E-state index contributed by atoms with van der Waals surface area (Å²) in [5.41, 5.74) is 0.132. The Morgan fingerprint density at radius 3 is 2.76 bits per heavy atom. The van der Waals surface area contributed by atoms with Gasteiger partial charge in [-0.25, -0.2) is 0 Å². The van der Waals surface area contributed by atoms with Gasteiger partial charge in [-0.3, -0.25) is 9.59 Å².